The first-order valence-electron chi connectivity index (χ1n) is 14.3. The maximum absolute atomic E-state index is 16.3. The van der Waals surface area contributed by atoms with Gasteiger partial charge in [-0.3, -0.25) is 31.4 Å². The Balaban J connectivity index is 2.94. The van der Waals surface area contributed by atoms with E-state index in [0.717, 1.165) is 0 Å². The molecule has 4 bridgehead atoms. The number of nitrogens with two attached hydrogens (primary N) is 3. The standard InChI is InChI=1S/C22H6F37N3O3/c23-1-5(24,25)2(63-20(54,55)14(42,60)11(36,37)17(45,46)47)8(30,31)3(6(1,26)27,64-21(56,57)15(43,61)12(38,39)18(48,49)50)10(34,35)4(7(1,28)29,9(2,32)33)65-22(58,59)16(44,62)13(40,41)19(51,52)53/h60-62H2. The first-order chi connectivity index (χ1) is 27.4. The van der Waals surface area contributed by atoms with E-state index in [1.165, 1.54) is 14.2 Å². The number of alkyl halides is 37. The molecule has 0 aromatic rings. The van der Waals surface area contributed by atoms with Crippen molar-refractivity contribution in [2.75, 3.05) is 0 Å². The predicted octanol–water partition coefficient (Wildman–Crippen LogP) is 9.06. The maximum Gasteiger partial charge on any atom is 0.458 e. The van der Waals surface area contributed by atoms with Crippen LogP contribution in [0.4, 0.5) is 162 Å². The summed E-state index contributed by atoms with van der Waals surface area (Å²) in [6.07, 6.45) is -53.6. The lowest BCUT2D eigenvalue weighted by Crippen LogP contribution is -3.12. The van der Waals surface area contributed by atoms with Crippen LogP contribution in [0.2, 0.25) is 0 Å². The third-order valence-corrected chi connectivity index (χ3v) is 9.83. The fourth-order valence-corrected chi connectivity index (χ4v) is 6.38. The van der Waals surface area contributed by atoms with Crippen molar-refractivity contribution < 1.29 is 177 Å². The lowest BCUT2D eigenvalue weighted by Gasteiger charge is -2.77. The van der Waals surface area contributed by atoms with E-state index < -0.39 is 130 Å². The van der Waals surface area contributed by atoms with E-state index in [1.807, 2.05) is 0 Å². The molecule has 0 heterocycles. The van der Waals surface area contributed by atoms with Crippen molar-refractivity contribution in [3.63, 3.8) is 0 Å². The molecule has 4 aliphatic carbocycles. The number of ether oxygens (including phenoxy) is 3. The first kappa shape index (κ1) is 56.5. The molecule has 0 saturated heterocycles. The number of hydrogen-bond donors (Lipinski definition) is 3. The van der Waals surface area contributed by atoms with Gasteiger partial charge in [-0.05, 0) is 0 Å². The molecule has 4 saturated carbocycles. The zero-order valence-corrected chi connectivity index (χ0v) is 27.9. The monoisotopic (exact) mass is 1060 g/mol. The van der Waals surface area contributed by atoms with Gasteiger partial charge in [-0.15, -0.1) is 0 Å². The molecule has 4 rings (SSSR count). The Hall–Kier alpha value is -2.83. The molecule has 3 atom stereocenters. The molecule has 0 aromatic heterocycles. The van der Waals surface area contributed by atoms with Gasteiger partial charge < -0.3 is 0 Å². The van der Waals surface area contributed by atoms with Crippen molar-refractivity contribution in [2.24, 2.45) is 17.2 Å². The lowest BCUT2D eigenvalue weighted by molar-refractivity contribution is -0.672. The molecule has 65 heavy (non-hydrogen) atoms. The molecule has 4 fully saturated rings. The molecule has 6 nitrogen and oxygen atoms in total. The largest absolute Gasteiger partial charge is 0.458 e. The second kappa shape index (κ2) is 12.7. The number of halogens is 37. The van der Waals surface area contributed by atoms with Gasteiger partial charge in [0.2, 0.25) is 0 Å². The van der Waals surface area contributed by atoms with Crippen LogP contribution in [0.15, 0.2) is 0 Å². The van der Waals surface area contributed by atoms with Gasteiger partial charge in [-0.25, -0.2) is 17.6 Å². The molecule has 6 N–H and O–H groups in total. The second-order valence-electron chi connectivity index (χ2n) is 13.4. The Morgan fingerprint density at radius 3 is 0.508 bits per heavy atom. The van der Waals surface area contributed by atoms with Gasteiger partial charge in [0, 0.05) is 0 Å². The third-order valence-electron chi connectivity index (χ3n) is 9.83. The quantitative estimate of drug-likeness (QED) is 0.133. The fourth-order valence-electron chi connectivity index (χ4n) is 6.38. The minimum atomic E-state index is -10.3. The van der Waals surface area contributed by atoms with Crippen LogP contribution in [-0.4, -0.2) is 130 Å². The normalized spacial score (nSPS) is 34.2. The van der Waals surface area contributed by atoms with Crippen molar-refractivity contribution >= 4 is 0 Å². The van der Waals surface area contributed by atoms with Crippen molar-refractivity contribution in [1.29, 1.82) is 0 Å². The summed E-state index contributed by atoms with van der Waals surface area (Å²) >= 11 is 0. The first-order valence-corrected chi connectivity index (χ1v) is 14.3. The molecule has 0 aliphatic heterocycles. The van der Waals surface area contributed by atoms with E-state index in [0.29, 0.717) is 0 Å². The highest BCUT2D eigenvalue weighted by Gasteiger charge is 3.24. The van der Waals surface area contributed by atoms with Crippen LogP contribution in [0.1, 0.15) is 0 Å². The van der Waals surface area contributed by atoms with E-state index in [-0.39, 0.29) is 0 Å². The van der Waals surface area contributed by atoms with E-state index in [9.17, 15) is 105 Å². The average Bonchev–Trinajstić information content (AvgIpc) is 3.03. The zero-order chi connectivity index (χ0) is 53.1. The summed E-state index contributed by atoms with van der Waals surface area (Å²) < 4.78 is 544. The van der Waals surface area contributed by atoms with Gasteiger partial charge in [0.15, 0.2) is 0 Å². The van der Waals surface area contributed by atoms with Crippen LogP contribution in [-0.2, 0) is 14.2 Å². The third kappa shape index (κ3) is 5.14. The fraction of sp³-hybridized carbons (Fsp3) is 1.00. The highest BCUT2D eigenvalue weighted by atomic mass is 19.4. The van der Waals surface area contributed by atoms with E-state index >= 15 is 57.1 Å². The number of rotatable bonds is 12. The Kier molecular flexibility index (Phi) is 11.0. The SMILES string of the molecule is NC(F)(C(F)(F)OC12C(F)(F)C3(F)C(F)(F)C(OC(F)(F)C(N)(F)C(F)(F)C(F)(F)F)(C1(F)F)C(F)(F)C(OC(F)(F)C(N)(F)C(F)(F)C(F)(F)F)(C3(F)F)C2(F)F)C(F)(F)C(F)(F)F. The van der Waals surface area contributed by atoms with Crippen molar-refractivity contribution in [3.8, 4) is 0 Å². The molecule has 0 amide bonds. The van der Waals surface area contributed by atoms with E-state index in [1.54, 1.807) is 0 Å². The average molecular weight is 1060 g/mol. The molecule has 0 aromatic carbocycles. The van der Waals surface area contributed by atoms with Gasteiger partial charge in [0.25, 0.3) is 16.8 Å². The molecule has 0 radical (unpaired) electrons. The van der Waals surface area contributed by atoms with Gasteiger partial charge in [0.05, 0.1) is 0 Å². The topological polar surface area (TPSA) is 106 Å². The highest BCUT2D eigenvalue weighted by molar-refractivity contribution is 5.55. The van der Waals surface area contributed by atoms with Crippen LogP contribution in [0, 0.1) is 0 Å². The summed E-state index contributed by atoms with van der Waals surface area (Å²) in [6.45, 7) is 0. The summed E-state index contributed by atoms with van der Waals surface area (Å²) in [5.74, 6) is -113. The molecule has 3 unspecified atom stereocenters. The summed E-state index contributed by atoms with van der Waals surface area (Å²) in [6, 6.07) is 0. The molecule has 4 aliphatic rings. The van der Waals surface area contributed by atoms with Crippen molar-refractivity contribution in [1.82, 2.24) is 0 Å². The van der Waals surface area contributed by atoms with E-state index in [2.05, 4.69) is 17.2 Å². The summed E-state index contributed by atoms with van der Waals surface area (Å²) in [4.78, 5) is 0. The maximum atomic E-state index is 16.3. The minimum absolute atomic E-state index is 1.21. The predicted molar refractivity (Wildman–Crippen MR) is 117 cm³/mol. The highest BCUT2D eigenvalue weighted by Crippen LogP contribution is 2.90. The van der Waals surface area contributed by atoms with Crippen molar-refractivity contribution in [2.45, 2.75) is 130 Å². The van der Waals surface area contributed by atoms with Crippen LogP contribution < -0.4 is 17.2 Å². The Morgan fingerprint density at radius 1 is 0.246 bits per heavy atom. The molecule has 386 valence electrons. The lowest BCUT2D eigenvalue weighted by atomic mass is 9.38. The molecular weight excluding hydrogens is 1060 g/mol. The van der Waals surface area contributed by atoms with E-state index in [4.69, 9.17) is 0 Å². The molecule has 0 spiro atoms. The van der Waals surface area contributed by atoms with Crippen LogP contribution in [0.25, 0.3) is 0 Å². The second-order valence-corrected chi connectivity index (χ2v) is 13.4. The van der Waals surface area contributed by atoms with Gasteiger partial charge in [-0.2, -0.15) is 145 Å². The molecular formula is C22H6F37N3O3. The van der Waals surface area contributed by atoms with Crippen molar-refractivity contribution in [3.05, 3.63) is 0 Å². The summed E-state index contributed by atoms with van der Waals surface area (Å²) in [5.41, 5.74) is -31.4. The van der Waals surface area contributed by atoms with Crippen LogP contribution in [0.5, 0.6) is 0 Å². The van der Waals surface area contributed by atoms with Gasteiger partial charge in [-0.1, -0.05) is 0 Å². The van der Waals surface area contributed by atoms with Gasteiger partial charge in [0.1, 0.15) is 0 Å². The Bertz CT molecular complexity index is 1680. The Labute approximate surface area is 325 Å². The number of hydrogen-bond acceptors (Lipinski definition) is 6. The Morgan fingerprint density at radius 2 is 0.385 bits per heavy atom. The van der Waals surface area contributed by atoms with Gasteiger partial charge >= 0.3 is 113 Å². The zero-order valence-electron chi connectivity index (χ0n) is 27.9. The summed E-state index contributed by atoms with van der Waals surface area (Å²) in [5, 5.41) is 0. The molecule has 43 heteroatoms. The summed E-state index contributed by atoms with van der Waals surface area (Å²) in [7, 11) is 0. The smallest absolute Gasteiger partial charge is 0.290 e. The minimum Gasteiger partial charge on any atom is -0.290 e. The van der Waals surface area contributed by atoms with Crippen LogP contribution in [0.3, 0.4) is 0 Å². The van der Waals surface area contributed by atoms with Crippen LogP contribution >= 0.6 is 0 Å².